The second-order valence-electron chi connectivity index (χ2n) is 4.43. The smallest absolute Gasteiger partial charge is 0.306 e. The fourth-order valence-corrected chi connectivity index (χ4v) is 1.98. The van der Waals surface area contributed by atoms with Crippen LogP contribution in [0.3, 0.4) is 0 Å². The fraction of sp³-hybridized carbons (Fsp3) is 0.500. The van der Waals surface area contributed by atoms with Crippen LogP contribution in [0.4, 0.5) is 0 Å². The van der Waals surface area contributed by atoms with Gasteiger partial charge in [0.1, 0.15) is 11.9 Å². The molecule has 2 rings (SSSR count). The van der Waals surface area contributed by atoms with Crippen LogP contribution in [-0.2, 0) is 20.9 Å². The van der Waals surface area contributed by atoms with Gasteiger partial charge in [-0.1, -0.05) is 12.1 Å². The average Bonchev–Trinajstić information content (AvgIpc) is 2.38. The topological polar surface area (TPSA) is 44.8 Å². The van der Waals surface area contributed by atoms with E-state index in [1.165, 1.54) is 0 Å². The first-order valence-corrected chi connectivity index (χ1v) is 6.13. The summed E-state index contributed by atoms with van der Waals surface area (Å²) in [5.74, 6) is 0.700. The van der Waals surface area contributed by atoms with Crippen LogP contribution in [0.5, 0.6) is 5.75 Å². The van der Waals surface area contributed by atoms with Crippen molar-refractivity contribution in [3.8, 4) is 5.75 Å². The van der Waals surface area contributed by atoms with E-state index in [4.69, 9.17) is 14.2 Å². The lowest BCUT2D eigenvalue weighted by Gasteiger charge is -2.28. The van der Waals surface area contributed by atoms with Gasteiger partial charge in [0.25, 0.3) is 0 Å². The van der Waals surface area contributed by atoms with Crippen molar-refractivity contribution in [2.24, 2.45) is 0 Å². The summed E-state index contributed by atoms with van der Waals surface area (Å²) in [5.41, 5.74) is 1.08. The first-order valence-electron chi connectivity index (χ1n) is 6.13. The normalized spacial score (nSPS) is 23.6. The molecule has 0 N–H and O–H groups in total. The van der Waals surface area contributed by atoms with Gasteiger partial charge in [0.2, 0.25) is 0 Å². The van der Waals surface area contributed by atoms with E-state index >= 15 is 0 Å². The van der Waals surface area contributed by atoms with Crippen LogP contribution >= 0.6 is 0 Å². The van der Waals surface area contributed by atoms with Gasteiger partial charge in [0.15, 0.2) is 0 Å². The van der Waals surface area contributed by atoms with Crippen molar-refractivity contribution >= 4 is 5.97 Å². The van der Waals surface area contributed by atoms with Crippen LogP contribution in [-0.4, -0.2) is 25.3 Å². The molecule has 1 aliphatic rings. The third-order valence-corrected chi connectivity index (χ3v) is 3.10. The summed E-state index contributed by atoms with van der Waals surface area (Å²) < 4.78 is 16.0. The number of hydrogen-bond acceptors (Lipinski definition) is 4. The Morgan fingerprint density at radius 2 is 2.06 bits per heavy atom. The monoisotopic (exact) mass is 250 g/mol. The quantitative estimate of drug-likeness (QED) is 0.769. The molecule has 1 fully saturated rings. The third-order valence-electron chi connectivity index (χ3n) is 3.10. The molecule has 1 aromatic carbocycles. The number of esters is 1. The van der Waals surface area contributed by atoms with Crippen molar-refractivity contribution in [1.29, 1.82) is 0 Å². The molecule has 1 heterocycles. The van der Waals surface area contributed by atoms with E-state index in [1.54, 1.807) is 7.11 Å². The van der Waals surface area contributed by atoms with Gasteiger partial charge < -0.3 is 14.2 Å². The Morgan fingerprint density at radius 3 is 2.67 bits per heavy atom. The Balaban J connectivity index is 1.85. The highest BCUT2D eigenvalue weighted by Crippen LogP contribution is 2.20. The minimum absolute atomic E-state index is 0.00944. The Hall–Kier alpha value is -1.55. The van der Waals surface area contributed by atoms with E-state index in [0.717, 1.165) is 17.7 Å². The first kappa shape index (κ1) is 12.9. The predicted octanol–water partition coefficient (Wildman–Crippen LogP) is 2.31. The highest BCUT2D eigenvalue weighted by molar-refractivity contribution is 5.70. The van der Waals surface area contributed by atoms with Crippen molar-refractivity contribution in [3.63, 3.8) is 0 Å². The molecule has 4 heteroatoms. The van der Waals surface area contributed by atoms with Crippen molar-refractivity contribution in [1.82, 2.24) is 0 Å². The number of ether oxygens (including phenoxy) is 3. The minimum atomic E-state index is -0.163. The SMILES string of the molecule is COc1ccc(CO[C@@H]2CCC(=O)O[C@H]2C)cc1. The van der Waals surface area contributed by atoms with Crippen LogP contribution in [0.2, 0.25) is 0 Å². The highest BCUT2D eigenvalue weighted by Gasteiger charge is 2.27. The van der Waals surface area contributed by atoms with E-state index < -0.39 is 0 Å². The van der Waals surface area contributed by atoms with Crippen molar-refractivity contribution in [2.45, 2.75) is 38.6 Å². The molecule has 0 unspecified atom stereocenters. The summed E-state index contributed by atoms with van der Waals surface area (Å²) >= 11 is 0. The summed E-state index contributed by atoms with van der Waals surface area (Å²) in [6.07, 6.45) is 1.00. The van der Waals surface area contributed by atoms with E-state index in [9.17, 15) is 4.79 Å². The summed E-state index contributed by atoms with van der Waals surface area (Å²) in [5, 5.41) is 0. The third kappa shape index (κ3) is 3.23. The lowest BCUT2D eigenvalue weighted by molar-refractivity contribution is -0.167. The predicted molar refractivity (Wildman–Crippen MR) is 66.4 cm³/mol. The van der Waals surface area contributed by atoms with E-state index in [0.29, 0.717) is 13.0 Å². The lowest BCUT2D eigenvalue weighted by Crippen LogP contribution is -2.36. The molecule has 0 radical (unpaired) electrons. The molecule has 0 bridgehead atoms. The maximum atomic E-state index is 11.1. The van der Waals surface area contributed by atoms with Gasteiger partial charge in [-0.3, -0.25) is 4.79 Å². The molecule has 1 aromatic rings. The molecule has 0 amide bonds. The molecule has 2 atom stereocenters. The second kappa shape index (κ2) is 5.87. The van der Waals surface area contributed by atoms with Crippen LogP contribution in [0, 0.1) is 0 Å². The Kier molecular flexibility index (Phi) is 4.20. The van der Waals surface area contributed by atoms with Gasteiger partial charge in [-0.15, -0.1) is 0 Å². The number of cyclic esters (lactones) is 1. The molecule has 0 saturated carbocycles. The van der Waals surface area contributed by atoms with Crippen LogP contribution in [0.25, 0.3) is 0 Å². The maximum Gasteiger partial charge on any atom is 0.306 e. The molecule has 98 valence electrons. The zero-order chi connectivity index (χ0) is 13.0. The lowest BCUT2D eigenvalue weighted by atomic mass is 10.1. The summed E-state index contributed by atoms with van der Waals surface area (Å²) in [6, 6.07) is 7.75. The Bertz CT molecular complexity index is 399. The average molecular weight is 250 g/mol. The minimum Gasteiger partial charge on any atom is -0.497 e. The molecule has 1 aliphatic heterocycles. The zero-order valence-corrected chi connectivity index (χ0v) is 10.7. The number of carbonyl (C=O) groups is 1. The molecule has 0 aliphatic carbocycles. The van der Waals surface area contributed by atoms with Gasteiger partial charge in [-0.25, -0.2) is 0 Å². The van der Waals surface area contributed by atoms with Gasteiger partial charge in [0, 0.05) is 6.42 Å². The van der Waals surface area contributed by atoms with Gasteiger partial charge in [0.05, 0.1) is 19.8 Å². The zero-order valence-electron chi connectivity index (χ0n) is 10.7. The Labute approximate surface area is 107 Å². The van der Waals surface area contributed by atoms with E-state index in [-0.39, 0.29) is 18.2 Å². The van der Waals surface area contributed by atoms with Gasteiger partial charge >= 0.3 is 5.97 Å². The summed E-state index contributed by atoms with van der Waals surface area (Å²) in [7, 11) is 1.64. The molecule has 0 aromatic heterocycles. The van der Waals surface area contributed by atoms with Crippen molar-refractivity contribution in [2.75, 3.05) is 7.11 Å². The summed E-state index contributed by atoms with van der Waals surface area (Å²) in [4.78, 5) is 11.1. The number of methoxy groups -OCH3 is 1. The number of hydrogen-bond donors (Lipinski definition) is 0. The van der Waals surface area contributed by atoms with Gasteiger partial charge in [-0.05, 0) is 31.0 Å². The summed E-state index contributed by atoms with van der Waals surface area (Å²) in [6.45, 7) is 2.40. The van der Waals surface area contributed by atoms with Crippen molar-refractivity contribution < 1.29 is 19.0 Å². The van der Waals surface area contributed by atoms with Crippen LogP contribution in [0.15, 0.2) is 24.3 Å². The molecule has 0 spiro atoms. The standard InChI is InChI=1S/C14H18O4/c1-10-13(7-8-14(15)18-10)17-9-11-3-5-12(16-2)6-4-11/h3-6,10,13H,7-9H2,1-2H3/t10-,13+/m0/s1. The maximum absolute atomic E-state index is 11.1. The Morgan fingerprint density at radius 1 is 1.33 bits per heavy atom. The fourth-order valence-electron chi connectivity index (χ4n) is 1.98. The molecule has 1 saturated heterocycles. The number of benzene rings is 1. The van der Waals surface area contributed by atoms with E-state index in [1.807, 2.05) is 31.2 Å². The first-order chi connectivity index (χ1) is 8.69. The largest absolute Gasteiger partial charge is 0.497 e. The second-order valence-corrected chi connectivity index (χ2v) is 4.43. The van der Waals surface area contributed by atoms with Gasteiger partial charge in [-0.2, -0.15) is 0 Å². The highest BCUT2D eigenvalue weighted by atomic mass is 16.6. The number of rotatable bonds is 4. The van der Waals surface area contributed by atoms with E-state index in [2.05, 4.69) is 0 Å². The molecular weight excluding hydrogens is 232 g/mol. The van der Waals surface area contributed by atoms with Crippen molar-refractivity contribution in [3.05, 3.63) is 29.8 Å². The van der Waals surface area contributed by atoms with Crippen LogP contribution in [0.1, 0.15) is 25.3 Å². The molecule has 18 heavy (non-hydrogen) atoms. The molecular formula is C14H18O4. The molecule has 4 nitrogen and oxygen atoms in total. The van der Waals surface area contributed by atoms with Crippen LogP contribution < -0.4 is 4.74 Å². The number of carbonyl (C=O) groups excluding carboxylic acids is 1.